The molecule has 1 aliphatic heterocycles. The summed E-state index contributed by atoms with van der Waals surface area (Å²) in [6, 6.07) is 7.20. The van der Waals surface area contributed by atoms with Crippen molar-refractivity contribution in [2.75, 3.05) is 20.2 Å². The van der Waals surface area contributed by atoms with E-state index in [0.717, 1.165) is 6.42 Å². The molecule has 1 amide bonds. The van der Waals surface area contributed by atoms with Crippen LogP contribution in [-0.4, -0.2) is 41.1 Å². The molecular formula is C15H17N3O3. The number of hydrogen-bond donors (Lipinski definition) is 0. The van der Waals surface area contributed by atoms with Crippen LogP contribution in [0.5, 0.6) is 5.75 Å². The Balaban J connectivity index is 1.72. The van der Waals surface area contributed by atoms with E-state index in [9.17, 15) is 4.79 Å². The summed E-state index contributed by atoms with van der Waals surface area (Å²) in [5, 5.41) is 3.81. The monoisotopic (exact) mass is 287 g/mol. The molecule has 0 saturated carbocycles. The average Bonchev–Trinajstić information content (AvgIpc) is 3.15. The molecule has 0 aliphatic carbocycles. The zero-order chi connectivity index (χ0) is 14.8. The van der Waals surface area contributed by atoms with E-state index in [2.05, 4.69) is 10.1 Å². The number of carbonyl (C=O) groups excluding carboxylic acids is 1. The average molecular weight is 287 g/mol. The molecule has 1 atom stereocenters. The van der Waals surface area contributed by atoms with Gasteiger partial charge in [0.05, 0.1) is 13.0 Å². The minimum Gasteiger partial charge on any atom is -0.497 e. The van der Waals surface area contributed by atoms with Crippen LogP contribution in [0.2, 0.25) is 0 Å². The molecule has 6 nitrogen and oxygen atoms in total. The first-order valence-electron chi connectivity index (χ1n) is 6.91. The molecule has 0 unspecified atom stereocenters. The predicted octanol–water partition coefficient (Wildman–Crippen LogP) is 2.02. The third kappa shape index (κ3) is 2.74. The van der Waals surface area contributed by atoms with Crippen LogP contribution in [-0.2, 0) is 0 Å². The lowest BCUT2D eigenvalue weighted by molar-refractivity contribution is 0.0789. The molecule has 0 spiro atoms. The number of methoxy groups -OCH3 is 1. The van der Waals surface area contributed by atoms with Gasteiger partial charge in [-0.2, -0.15) is 4.98 Å². The maximum Gasteiger partial charge on any atom is 0.254 e. The number of carbonyl (C=O) groups is 1. The van der Waals surface area contributed by atoms with Gasteiger partial charge in [-0.15, -0.1) is 0 Å². The van der Waals surface area contributed by atoms with Gasteiger partial charge in [-0.1, -0.05) is 11.2 Å². The van der Waals surface area contributed by atoms with Gasteiger partial charge in [0.2, 0.25) is 5.89 Å². The van der Waals surface area contributed by atoms with Crippen LogP contribution >= 0.6 is 0 Å². The van der Waals surface area contributed by atoms with E-state index in [1.807, 2.05) is 17.0 Å². The molecule has 2 heterocycles. The molecule has 2 aromatic rings. The van der Waals surface area contributed by atoms with E-state index in [-0.39, 0.29) is 11.8 Å². The van der Waals surface area contributed by atoms with Crippen LogP contribution in [0.25, 0.3) is 0 Å². The number of aryl methyl sites for hydroxylation is 1. The van der Waals surface area contributed by atoms with Crippen LogP contribution in [0.1, 0.15) is 34.4 Å². The van der Waals surface area contributed by atoms with Crippen LogP contribution in [0.4, 0.5) is 0 Å². The Morgan fingerprint density at radius 2 is 2.33 bits per heavy atom. The predicted molar refractivity (Wildman–Crippen MR) is 75.3 cm³/mol. The first-order valence-corrected chi connectivity index (χ1v) is 6.91. The van der Waals surface area contributed by atoms with Gasteiger partial charge < -0.3 is 14.2 Å². The summed E-state index contributed by atoms with van der Waals surface area (Å²) in [6.07, 6.45) is 0.845. The fourth-order valence-electron chi connectivity index (χ4n) is 2.56. The van der Waals surface area contributed by atoms with Crippen molar-refractivity contribution in [2.24, 2.45) is 0 Å². The van der Waals surface area contributed by atoms with Crippen molar-refractivity contribution >= 4 is 5.91 Å². The van der Waals surface area contributed by atoms with Crippen molar-refractivity contribution in [1.29, 1.82) is 0 Å². The summed E-state index contributed by atoms with van der Waals surface area (Å²) in [7, 11) is 1.59. The highest BCUT2D eigenvalue weighted by Crippen LogP contribution is 2.27. The Morgan fingerprint density at radius 1 is 1.48 bits per heavy atom. The maximum atomic E-state index is 12.5. The number of rotatable bonds is 3. The SMILES string of the molecule is COc1cccc(C(=O)N2CC[C@H](c3nc(C)no3)C2)c1. The van der Waals surface area contributed by atoms with E-state index in [0.29, 0.717) is 36.1 Å². The van der Waals surface area contributed by atoms with Gasteiger partial charge in [0.15, 0.2) is 5.82 Å². The van der Waals surface area contributed by atoms with Crippen molar-refractivity contribution in [3.05, 3.63) is 41.5 Å². The van der Waals surface area contributed by atoms with E-state index < -0.39 is 0 Å². The van der Waals surface area contributed by atoms with Crippen molar-refractivity contribution in [2.45, 2.75) is 19.3 Å². The van der Waals surface area contributed by atoms with Crippen LogP contribution in [0, 0.1) is 6.92 Å². The van der Waals surface area contributed by atoms with E-state index in [1.165, 1.54) is 0 Å². The molecule has 1 saturated heterocycles. The molecule has 1 aliphatic rings. The smallest absolute Gasteiger partial charge is 0.254 e. The molecule has 21 heavy (non-hydrogen) atoms. The van der Waals surface area contributed by atoms with Crippen molar-refractivity contribution < 1.29 is 14.1 Å². The molecule has 0 N–H and O–H groups in total. The van der Waals surface area contributed by atoms with Crippen LogP contribution in [0.15, 0.2) is 28.8 Å². The second kappa shape index (κ2) is 5.55. The molecule has 0 bridgehead atoms. The second-order valence-corrected chi connectivity index (χ2v) is 5.15. The highest BCUT2D eigenvalue weighted by Gasteiger charge is 2.31. The van der Waals surface area contributed by atoms with E-state index in [4.69, 9.17) is 9.26 Å². The van der Waals surface area contributed by atoms with Crippen LogP contribution < -0.4 is 4.74 Å². The fraction of sp³-hybridized carbons (Fsp3) is 0.400. The summed E-state index contributed by atoms with van der Waals surface area (Å²) in [5.41, 5.74) is 0.636. The lowest BCUT2D eigenvalue weighted by Crippen LogP contribution is -2.28. The first kappa shape index (κ1) is 13.6. The zero-order valence-electron chi connectivity index (χ0n) is 12.1. The first-order chi connectivity index (χ1) is 10.2. The summed E-state index contributed by atoms with van der Waals surface area (Å²) < 4.78 is 10.4. The van der Waals surface area contributed by atoms with E-state index >= 15 is 0 Å². The van der Waals surface area contributed by atoms with Gasteiger partial charge in [0.1, 0.15) is 5.75 Å². The van der Waals surface area contributed by atoms with Crippen molar-refractivity contribution in [3.63, 3.8) is 0 Å². The fourth-order valence-corrected chi connectivity index (χ4v) is 2.56. The minimum absolute atomic E-state index is 0.00707. The highest BCUT2D eigenvalue weighted by atomic mass is 16.5. The summed E-state index contributed by atoms with van der Waals surface area (Å²) in [4.78, 5) is 18.6. The molecule has 1 aromatic carbocycles. The number of nitrogens with zero attached hydrogens (tertiary/aromatic N) is 3. The highest BCUT2D eigenvalue weighted by molar-refractivity contribution is 5.94. The largest absolute Gasteiger partial charge is 0.497 e. The lowest BCUT2D eigenvalue weighted by atomic mass is 10.1. The number of aromatic nitrogens is 2. The van der Waals surface area contributed by atoms with Crippen molar-refractivity contribution in [1.82, 2.24) is 15.0 Å². The molecule has 3 rings (SSSR count). The Labute approximate surface area is 122 Å². The third-order valence-electron chi connectivity index (χ3n) is 3.68. The second-order valence-electron chi connectivity index (χ2n) is 5.15. The van der Waals surface area contributed by atoms with Gasteiger partial charge >= 0.3 is 0 Å². The Hall–Kier alpha value is -2.37. The van der Waals surface area contributed by atoms with Gasteiger partial charge in [0.25, 0.3) is 5.91 Å². The molecular weight excluding hydrogens is 270 g/mol. The van der Waals surface area contributed by atoms with Crippen LogP contribution in [0.3, 0.4) is 0 Å². The van der Waals surface area contributed by atoms with Gasteiger partial charge in [-0.25, -0.2) is 0 Å². The lowest BCUT2D eigenvalue weighted by Gasteiger charge is -2.16. The zero-order valence-corrected chi connectivity index (χ0v) is 12.1. The Kier molecular flexibility index (Phi) is 3.60. The Morgan fingerprint density at radius 3 is 3.05 bits per heavy atom. The van der Waals surface area contributed by atoms with Crippen molar-refractivity contribution in [3.8, 4) is 5.75 Å². The summed E-state index contributed by atoms with van der Waals surface area (Å²) in [5.74, 6) is 2.06. The summed E-state index contributed by atoms with van der Waals surface area (Å²) >= 11 is 0. The molecule has 6 heteroatoms. The van der Waals surface area contributed by atoms with E-state index in [1.54, 1.807) is 26.2 Å². The number of ether oxygens (including phenoxy) is 1. The number of hydrogen-bond acceptors (Lipinski definition) is 5. The van der Waals surface area contributed by atoms with Gasteiger partial charge in [0, 0.05) is 18.7 Å². The van der Waals surface area contributed by atoms with Gasteiger partial charge in [-0.3, -0.25) is 4.79 Å². The molecule has 0 radical (unpaired) electrons. The topological polar surface area (TPSA) is 68.5 Å². The molecule has 1 aromatic heterocycles. The third-order valence-corrected chi connectivity index (χ3v) is 3.68. The standard InChI is InChI=1S/C15H17N3O3/c1-10-16-14(21-17-10)12-6-7-18(9-12)15(19)11-4-3-5-13(8-11)20-2/h3-5,8,12H,6-7,9H2,1-2H3/t12-/m0/s1. The quantitative estimate of drug-likeness (QED) is 0.864. The normalized spacial score (nSPS) is 18.0. The maximum absolute atomic E-state index is 12.5. The number of benzene rings is 1. The molecule has 1 fully saturated rings. The number of likely N-dealkylation sites (tertiary alicyclic amines) is 1. The summed E-state index contributed by atoms with van der Waals surface area (Å²) in [6.45, 7) is 3.10. The molecule has 110 valence electrons. The Bertz CT molecular complexity index is 653. The van der Waals surface area contributed by atoms with Gasteiger partial charge in [-0.05, 0) is 31.5 Å². The minimum atomic E-state index is 0.00707. The number of amides is 1.